The third kappa shape index (κ3) is 2.75. The average Bonchev–Trinajstić information content (AvgIpc) is 2.49. The highest BCUT2D eigenvalue weighted by molar-refractivity contribution is 7.92. The molecule has 7 heteroatoms. The topological polar surface area (TPSA) is 59.1 Å². The summed E-state index contributed by atoms with van der Waals surface area (Å²) in [5.74, 6) is -2.32. The Balaban J connectivity index is 1.97. The second kappa shape index (κ2) is 5.34. The van der Waals surface area contributed by atoms with Crippen molar-refractivity contribution in [2.24, 2.45) is 0 Å². The van der Waals surface area contributed by atoms with Crippen LogP contribution in [0.2, 0.25) is 0 Å². The van der Waals surface area contributed by atoms with E-state index < -0.39 is 21.7 Å². The number of benzene rings is 2. The monoisotopic (exact) mass is 320 g/mol. The van der Waals surface area contributed by atoms with Crippen molar-refractivity contribution in [3.8, 4) is 0 Å². The maximum Gasteiger partial charge on any atom is 0.261 e. The molecule has 3 aromatic rings. The van der Waals surface area contributed by atoms with E-state index in [1.165, 1.54) is 0 Å². The van der Waals surface area contributed by atoms with Gasteiger partial charge in [0, 0.05) is 17.3 Å². The minimum absolute atomic E-state index is 0.310. The van der Waals surface area contributed by atoms with Crippen LogP contribution in [0.4, 0.5) is 14.5 Å². The van der Waals surface area contributed by atoms with Gasteiger partial charge in [-0.1, -0.05) is 6.07 Å². The van der Waals surface area contributed by atoms with E-state index in [-0.39, 0.29) is 4.90 Å². The van der Waals surface area contributed by atoms with Gasteiger partial charge in [-0.3, -0.25) is 9.71 Å². The van der Waals surface area contributed by atoms with Crippen LogP contribution in [0, 0.1) is 11.6 Å². The molecule has 22 heavy (non-hydrogen) atoms. The molecule has 0 aliphatic heterocycles. The molecule has 4 nitrogen and oxygen atoms in total. The van der Waals surface area contributed by atoms with Crippen molar-refractivity contribution in [2.45, 2.75) is 4.90 Å². The van der Waals surface area contributed by atoms with Crippen LogP contribution in [-0.4, -0.2) is 13.4 Å². The SMILES string of the molecule is O=S(=O)(Nc1ccc2ncccc2c1)c1ccc(F)c(F)c1. The molecular weight excluding hydrogens is 310 g/mol. The summed E-state index contributed by atoms with van der Waals surface area (Å²) in [6.07, 6.45) is 1.63. The van der Waals surface area contributed by atoms with E-state index in [9.17, 15) is 17.2 Å². The Morgan fingerprint density at radius 2 is 1.77 bits per heavy atom. The third-order valence-corrected chi connectivity index (χ3v) is 4.44. The van der Waals surface area contributed by atoms with E-state index in [1.54, 1.807) is 36.5 Å². The number of hydrogen-bond acceptors (Lipinski definition) is 3. The molecule has 0 aliphatic rings. The Labute approximate surface area is 125 Å². The highest BCUT2D eigenvalue weighted by atomic mass is 32.2. The normalized spacial score (nSPS) is 11.5. The molecule has 3 rings (SSSR count). The second-order valence-corrected chi connectivity index (χ2v) is 6.27. The molecule has 0 bridgehead atoms. The lowest BCUT2D eigenvalue weighted by Crippen LogP contribution is -2.13. The lowest BCUT2D eigenvalue weighted by Gasteiger charge is -2.09. The number of anilines is 1. The number of nitrogens with one attached hydrogen (secondary N) is 1. The highest BCUT2D eigenvalue weighted by Gasteiger charge is 2.16. The number of nitrogens with zero attached hydrogens (tertiary/aromatic N) is 1. The molecule has 0 amide bonds. The molecule has 0 spiro atoms. The molecule has 1 heterocycles. The minimum Gasteiger partial charge on any atom is -0.280 e. The molecule has 112 valence electrons. The maximum absolute atomic E-state index is 13.2. The Hall–Kier alpha value is -2.54. The van der Waals surface area contributed by atoms with Crippen LogP contribution in [0.15, 0.2) is 59.6 Å². The first-order valence-electron chi connectivity index (χ1n) is 6.28. The van der Waals surface area contributed by atoms with Crippen LogP contribution in [-0.2, 0) is 10.0 Å². The number of pyridine rings is 1. The summed E-state index contributed by atoms with van der Waals surface area (Å²) in [7, 11) is -4.00. The standard InChI is InChI=1S/C15H10F2N2O2S/c16-13-5-4-12(9-14(13)17)22(20,21)19-11-3-6-15-10(8-11)2-1-7-18-15/h1-9,19H. The zero-order chi connectivity index (χ0) is 15.7. The van der Waals surface area contributed by atoms with Crippen LogP contribution in [0.25, 0.3) is 10.9 Å². The van der Waals surface area contributed by atoms with Gasteiger partial charge >= 0.3 is 0 Å². The van der Waals surface area contributed by atoms with Gasteiger partial charge in [0.1, 0.15) is 0 Å². The average molecular weight is 320 g/mol. The van der Waals surface area contributed by atoms with Crippen molar-refractivity contribution < 1.29 is 17.2 Å². The summed E-state index contributed by atoms with van der Waals surface area (Å²) in [6, 6.07) is 10.8. The first-order valence-corrected chi connectivity index (χ1v) is 7.77. The number of hydrogen-bond donors (Lipinski definition) is 1. The van der Waals surface area contributed by atoms with Crippen molar-refractivity contribution in [3.63, 3.8) is 0 Å². The predicted octanol–water partition coefficient (Wildman–Crippen LogP) is 3.31. The molecule has 1 aromatic heterocycles. The summed E-state index contributed by atoms with van der Waals surface area (Å²) < 4.78 is 52.8. The maximum atomic E-state index is 13.2. The van der Waals surface area contributed by atoms with Crippen molar-refractivity contribution in [1.82, 2.24) is 4.98 Å². The van der Waals surface area contributed by atoms with E-state index in [0.29, 0.717) is 11.8 Å². The van der Waals surface area contributed by atoms with Gasteiger partial charge in [-0.15, -0.1) is 0 Å². The van der Waals surface area contributed by atoms with Gasteiger partial charge in [0.05, 0.1) is 10.4 Å². The molecular formula is C15H10F2N2O2S. The lowest BCUT2D eigenvalue weighted by molar-refractivity contribution is 0.504. The number of rotatable bonds is 3. The van der Waals surface area contributed by atoms with Crippen LogP contribution >= 0.6 is 0 Å². The molecule has 0 fully saturated rings. The number of aromatic nitrogens is 1. The van der Waals surface area contributed by atoms with Gasteiger partial charge in [-0.25, -0.2) is 17.2 Å². The van der Waals surface area contributed by atoms with Crippen LogP contribution in [0.1, 0.15) is 0 Å². The summed E-state index contributed by atoms with van der Waals surface area (Å²) in [6.45, 7) is 0. The molecule has 0 saturated heterocycles. The fourth-order valence-corrected chi connectivity index (χ4v) is 3.06. The van der Waals surface area contributed by atoms with Crippen molar-refractivity contribution >= 4 is 26.6 Å². The van der Waals surface area contributed by atoms with Crippen LogP contribution < -0.4 is 4.72 Å². The molecule has 0 aliphatic carbocycles. The zero-order valence-corrected chi connectivity index (χ0v) is 11.9. The quantitative estimate of drug-likeness (QED) is 0.805. The van der Waals surface area contributed by atoms with Gasteiger partial charge < -0.3 is 0 Å². The Bertz CT molecular complexity index is 959. The van der Waals surface area contributed by atoms with Gasteiger partial charge in [0.25, 0.3) is 10.0 Å². The number of sulfonamides is 1. The van der Waals surface area contributed by atoms with Gasteiger partial charge in [0.15, 0.2) is 11.6 Å². The third-order valence-electron chi connectivity index (χ3n) is 3.06. The van der Waals surface area contributed by atoms with E-state index in [2.05, 4.69) is 9.71 Å². The largest absolute Gasteiger partial charge is 0.280 e. The minimum atomic E-state index is -4.00. The summed E-state index contributed by atoms with van der Waals surface area (Å²) in [5.41, 5.74) is 1.03. The fourth-order valence-electron chi connectivity index (χ4n) is 2.00. The molecule has 0 unspecified atom stereocenters. The van der Waals surface area contributed by atoms with E-state index in [1.807, 2.05) is 0 Å². The summed E-state index contributed by atoms with van der Waals surface area (Å²) in [4.78, 5) is 3.78. The lowest BCUT2D eigenvalue weighted by atomic mass is 10.2. The first kappa shape index (κ1) is 14.4. The summed E-state index contributed by atoms with van der Waals surface area (Å²) in [5, 5.41) is 0.757. The molecule has 0 atom stereocenters. The van der Waals surface area contributed by atoms with E-state index in [0.717, 1.165) is 23.0 Å². The number of halogens is 2. The van der Waals surface area contributed by atoms with Gasteiger partial charge in [-0.05, 0) is 42.5 Å². The van der Waals surface area contributed by atoms with Crippen molar-refractivity contribution in [2.75, 3.05) is 4.72 Å². The molecule has 0 radical (unpaired) electrons. The smallest absolute Gasteiger partial charge is 0.261 e. The van der Waals surface area contributed by atoms with E-state index >= 15 is 0 Å². The van der Waals surface area contributed by atoms with Gasteiger partial charge in [-0.2, -0.15) is 0 Å². The van der Waals surface area contributed by atoms with Gasteiger partial charge in [0.2, 0.25) is 0 Å². The van der Waals surface area contributed by atoms with Crippen molar-refractivity contribution in [3.05, 3.63) is 66.4 Å². The van der Waals surface area contributed by atoms with E-state index in [4.69, 9.17) is 0 Å². The summed E-state index contributed by atoms with van der Waals surface area (Å²) >= 11 is 0. The van der Waals surface area contributed by atoms with Crippen molar-refractivity contribution in [1.29, 1.82) is 0 Å². The van der Waals surface area contributed by atoms with Crippen LogP contribution in [0.5, 0.6) is 0 Å². The molecule has 1 N–H and O–H groups in total. The first-order chi connectivity index (χ1) is 10.5. The number of fused-ring (bicyclic) bond motifs is 1. The Kier molecular flexibility index (Phi) is 3.50. The van der Waals surface area contributed by atoms with Crippen LogP contribution in [0.3, 0.4) is 0 Å². The molecule has 0 saturated carbocycles. The molecule has 2 aromatic carbocycles. The Morgan fingerprint density at radius 1 is 0.955 bits per heavy atom. The second-order valence-electron chi connectivity index (χ2n) is 4.59. The highest BCUT2D eigenvalue weighted by Crippen LogP contribution is 2.21. The zero-order valence-electron chi connectivity index (χ0n) is 11.1. The Morgan fingerprint density at radius 3 is 2.55 bits per heavy atom. The fraction of sp³-hybridized carbons (Fsp3) is 0. The predicted molar refractivity (Wildman–Crippen MR) is 78.9 cm³/mol.